The maximum absolute atomic E-state index is 13.1. The van der Waals surface area contributed by atoms with Crippen LogP contribution in [0, 0.1) is 20.2 Å². The normalized spacial score (nSPS) is 13.0. The van der Waals surface area contributed by atoms with Gasteiger partial charge in [-0.2, -0.15) is 9.78 Å². The Hall–Kier alpha value is -4.17. The van der Waals surface area contributed by atoms with Gasteiger partial charge in [-0.1, -0.05) is 0 Å². The van der Waals surface area contributed by atoms with Crippen LogP contribution in [-0.2, 0) is 12.8 Å². The molecular weight excluding hydrogens is 582 g/mol. The molecule has 1 aliphatic rings. The molecule has 0 N–H and O–H groups in total. The Morgan fingerprint density at radius 3 is 2.66 bits per heavy atom. The molecule has 0 aliphatic heterocycles. The topological polar surface area (TPSA) is 152 Å². The summed E-state index contributed by atoms with van der Waals surface area (Å²) >= 11 is 4.94. The highest BCUT2D eigenvalue weighted by molar-refractivity contribution is 9.10. The van der Waals surface area contributed by atoms with Crippen LogP contribution in [0.5, 0.6) is 17.2 Å². The first-order chi connectivity index (χ1) is 18.3. The number of rotatable bonds is 7. The lowest BCUT2D eigenvalue weighted by molar-refractivity contribution is -0.394. The molecule has 4 aromatic rings. The van der Waals surface area contributed by atoms with Gasteiger partial charge in [0.2, 0.25) is 5.75 Å². The number of non-ortho nitro benzene ring substituents is 1. The summed E-state index contributed by atoms with van der Waals surface area (Å²) in [5.41, 5.74) is 0.370. The Balaban J connectivity index is 1.47. The predicted octanol–water partition coefficient (Wildman–Crippen LogP) is 5.60. The van der Waals surface area contributed by atoms with Gasteiger partial charge in [-0.15, -0.1) is 11.3 Å². The third-order valence-corrected chi connectivity index (χ3v) is 7.79. The van der Waals surface area contributed by atoms with Crippen LogP contribution in [0.4, 0.5) is 11.4 Å². The van der Waals surface area contributed by atoms with Crippen LogP contribution >= 0.6 is 27.3 Å². The number of nitro groups is 2. The minimum Gasteiger partial charge on any atom is -0.493 e. The molecule has 0 spiro atoms. The standard InChI is InChI=1S/C24H18BrN5O7S/c1-36-19-9-13(8-16(25)22(19)37-18-7-6-14(29(32)33)10-17(18)30(34)35)11-27-28-12-26-23-21(24(28)31)15-4-2-3-5-20(15)38-23/h6-12H,2-5H2,1H3. The number of thiophene rings is 1. The van der Waals surface area contributed by atoms with Crippen molar-refractivity contribution in [3.05, 3.63) is 87.7 Å². The molecule has 14 heteroatoms. The van der Waals surface area contributed by atoms with Crippen molar-refractivity contribution in [2.24, 2.45) is 5.10 Å². The second-order valence-corrected chi connectivity index (χ2v) is 10.3. The molecule has 38 heavy (non-hydrogen) atoms. The third-order valence-electron chi connectivity index (χ3n) is 6.00. The summed E-state index contributed by atoms with van der Waals surface area (Å²) < 4.78 is 12.7. The molecule has 2 aromatic heterocycles. The maximum Gasteiger partial charge on any atom is 0.318 e. The van der Waals surface area contributed by atoms with E-state index in [4.69, 9.17) is 9.47 Å². The highest BCUT2D eigenvalue weighted by Gasteiger charge is 2.24. The smallest absolute Gasteiger partial charge is 0.318 e. The van der Waals surface area contributed by atoms with Gasteiger partial charge in [0, 0.05) is 10.9 Å². The Morgan fingerprint density at radius 1 is 1.13 bits per heavy atom. The van der Waals surface area contributed by atoms with Crippen molar-refractivity contribution >= 4 is 55.1 Å². The van der Waals surface area contributed by atoms with Crippen molar-refractivity contribution < 1.29 is 19.3 Å². The minimum atomic E-state index is -0.767. The fourth-order valence-electron chi connectivity index (χ4n) is 4.22. The Labute approximate surface area is 226 Å². The van der Waals surface area contributed by atoms with E-state index < -0.39 is 21.2 Å². The number of aromatic nitrogens is 2. The Morgan fingerprint density at radius 2 is 1.92 bits per heavy atom. The second-order valence-electron chi connectivity index (χ2n) is 8.33. The van der Waals surface area contributed by atoms with Crippen LogP contribution in [0.15, 0.2) is 51.0 Å². The number of methoxy groups -OCH3 is 1. The lowest BCUT2D eigenvalue weighted by Crippen LogP contribution is -2.18. The van der Waals surface area contributed by atoms with Gasteiger partial charge in [0.25, 0.3) is 11.2 Å². The van der Waals surface area contributed by atoms with Crippen molar-refractivity contribution in [2.45, 2.75) is 25.7 Å². The van der Waals surface area contributed by atoms with E-state index >= 15 is 0 Å². The van der Waals surface area contributed by atoms with Crippen molar-refractivity contribution in [1.82, 2.24) is 9.66 Å². The summed E-state index contributed by atoms with van der Waals surface area (Å²) in [5.74, 6) is 0.124. The van der Waals surface area contributed by atoms with Crippen molar-refractivity contribution in [2.75, 3.05) is 7.11 Å². The summed E-state index contributed by atoms with van der Waals surface area (Å²) in [5, 5.41) is 27.4. The lowest BCUT2D eigenvalue weighted by Gasteiger charge is -2.13. The monoisotopic (exact) mass is 599 g/mol. The highest BCUT2D eigenvalue weighted by Crippen LogP contribution is 2.42. The number of halogens is 1. The van der Waals surface area contributed by atoms with E-state index in [0.29, 0.717) is 15.4 Å². The molecule has 0 fully saturated rings. The number of hydrogen-bond acceptors (Lipinski definition) is 10. The fraction of sp³-hybridized carbons (Fsp3) is 0.208. The summed E-state index contributed by atoms with van der Waals surface area (Å²) in [6.07, 6.45) is 6.82. The van der Waals surface area contributed by atoms with Gasteiger partial charge >= 0.3 is 5.69 Å². The van der Waals surface area contributed by atoms with Gasteiger partial charge in [0.05, 0.1) is 39.1 Å². The first kappa shape index (κ1) is 25.5. The lowest BCUT2D eigenvalue weighted by atomic mass is 9.97. The quantitative estimate of drug-likeness (QED) is 0.151. The molecule has 194 valence electrons. The minimum absolute atomic E-state index is 0.117. The van der Waals surface area contributed by atoms with Gasteiger partial charge in [0.15, 0.2) is 11.5 Å². The van der Waals surface area contributed by atoms with E-state index in [1.165, 1.54) is 29.2 Å². The first-order valence-corrected chi connectivity index (χ1v) is 12.9. The van der Waals surface area contributed by atoms with Crippen LogP contribution in [-0.4, -0.2) is 32.8 Å². The number of fused-ring (bicyclic) bond motifs is 3. The number of ether oxygens (including phenoxy) is 2. The molecule has 0 radical (unpaired) electrons. The molecule has 5 rings (SSSR count). The maximum atomic E-state index is 13.1. The average molecular weight is 600 g/mol. The van der Waals surface area contributed by atoms with Crippen LogP contribution < -0.4 is 15.0 Å². The molecule has 0 amide bonds. The van der Waals surface area contributed by atoms with E-state index in [0.717, 1.165) is 54.3 Å². The molecule has 0 atom stereocenters. The van der Waals surface area contributed by atoms with Crippen LogP contribution in [0.1, 0.15) is 28.8 Å². The molecule has 2 aromatic carbocycles. The molecule has 0 saturated heterocycles. The van der Waals surface area contributed by atoms with Gasteiger partial charge in [-0.25, -0.2) is 4.98 Å². The van der Waals surface area contributed by atoms with Gasteiger partial charge in [-0.3, -0.25) is 25.0 Å². The van der Waals surface area contributed by atoms with Crippen LogP contribution in [0.3, 0.4) is 0 Å². The number of hydrogen-bond donors (Lipinski definition) is 0. The predicted molar refractivity (Wildman–Crippen MR) is 144 cm³/mol. The summed E-state index contributed by atoms with van der Waals surface area (Å²) in [6.45, 7) is 0. The molecule has 12 nitrogen and oxygen atoms in total. The average Bonchev–Trinajstić information content (AvgIpc) is 3.28. The number of aryl methyl sites for hydroxylation is 2. The fourth-order valence-corrected chi connectivity index (χ4v) is 5.98. The van der Waals surface area contributed by atoms with E-state index in [1.807, 2.05) is 0 Å². The molecular formula is C24H18BrN5O7S. The summed E-state index contributed by atoms with van der Waals surface area (Å²) in [4.78, 5) is 40.5. The summed E-state index contributed by atoms with van der Waals surface area (Å²) in [7, 11) is 1.39. The van der Waals surface area contributed by atoms with Gasteiger partial charge in [0.1, 0.15) is 11.2 Å². The molecule has 0 saturated carbocycles. The van der Waals surface area contributed by atoms with E-state index in [9.17, 15) is 25.0 Å². The molecule has 0 bridgehead atoms. The van der Waals surface area contributed by atoms with Gasteiger partial charge in [-0.05, 0) is 70.9 Å². The third kappa shape index (κ3) is 4.75. The van der Waals surface area contributed by atoms with E-state index in [1.54, 1.807) is 23.5 Å². The SMILES string of the molecule is COc1cc(C=Nn2cnc3sc4c(c3c2=O)CCCC4)cc(Br)c1Oc1ccc([N+](=O)[O-])cc1[N+](=O)[O-]. The summed E-state index contributed by atoms with van der Waals surface area (Å²) in [6, 6.07) is 6.28. The highest BCUT2D eigenvalue weighted by atomic mass is 79.9. The number of nitrogens with zero attached hydrogens (tertiary/aromatic N) is 5. The Bertz CT molecular complexity index is 1700. The number of nitro benzene ring substituents is 2. The first-order valence-electron chi connectivity index (χ1n) is 11.3. The Kier molecular flexibility index (Phi) is 6.91. The molecule has 1 aliphatic carbocycles. The van der Waals surface area contributed by atoms with Gasteiger partial charge < -0.3 is 9.47 Å². The van der Waals surface area contributed by atoms with Crippen molar-refractivity contribution in [3.63, 3.8) is 0 Å². The zero-order valence-corrected chi connectivity index (χ0v) is 22.2. The van der Waals surface area contributed by atoms with Crippen LogP contribution in [0.2, 0.25) is 0 Å². The van der Waals surface area contributed by atoms with Crippen molar-refractivity contribution in [1.29, 1.82) is 0 Å². The second kappa shape index (κ2) is 10.3. The zero-order valence-electron chi connectivity index (χ0n) is 19.7. The molecule has 0 unspecified atom stereocenters. The zero-order chi connectivity index (χ0) is 27.0. The van der Waals surface area contributed by atoms with E-state index in [-0.39, 0.29) is 22.8 Å². The largest absolute Gasteiger partial charge is 0.493 e. The molecule has 2 heterocycles. The van der Waals surface area contributed by atoms with Crippen LogP contribution in [0.25, 0.3) is 10.2 Å². The number of benzene rings is 2. The van der Waals surface area contributed by atoms with E-state index in [2.05, 4.69) is 26.0 Å². The van der Waals surface area contributed by atoms with Crippen molar-refractivity contribution in [3.8, 4) is 17.2 Å².